The maximum Gasteiger partial charge on any atom is 0.267 e. The summed E-state index contributed by atoms with van der Waals surface area (Å²) in [6.07, 6.45) is 0. The monoisotopic (exact) mass is 488 g/mol. The fourth-order valence-corrected chi connectivity index (χ4v) is 5.16. The Kier molecular flexibility index (Phi) is 6.39. The minimum Gasteiger partial charge on any atom is -0.495 e. The van der Waals surface area contributed by atoms with Gasteiger partial charge in [-0.3, -0.25) is 9.44 Å². The van der Waals surface area contributed by atoms with Crippen LogP contribution in [0.2, 0.25) is 5.02 Å². The van der Waals surface area contributed by atoms with E-state index in [2.05, 4.69) is 4.72 Å². The SMILES string of the molecule is COc1ccc(S(=O)(=O)Nc2ccccc2Cl)cc1NS(=O)(=O)c1c(F)cccc1F. The zero-order chi connectivity index (χ0) is 22.8. The predicted molar refractivity (Wildman–Crippen MR) is 112 cm³/mol. The van der Waals surface area contributed by atoms with Crippen LogP contribution >= 0.6 is 11.6 Å². The highest BCUT2D eigenvalue weighted by Gasteiger charge is 2.26. The highest BCUT2D eigenvalue weighted by atomic mass is 35.5. The van der Waals surface area contributed by atoms with Gasteiger partial charge in [-0.25, -0.2) is 25.6 Å². The first-order valence-corrected chi connectivity index (χ1v) is 11.8. The van der Waals surface area contributed by atoms with E-state index in [0.717, 1.165) is 24.3 Å². The molecule has 3 aromatic carbocycles. The molecule has 164 valence electrons. The Labute approximate surface area is 182 Å². The number of benzene rings is 3. The van der Waals surface area contributed by atoms with Crippen LogP contribution in [0.15, 0.2) is 70.5 Å². The molecule has 0 bridgehead atoms. The second kappa shape index (κ2) is 8.69. The number of hydrogen-bond acceptors (Lipinski definition) is 5. The highest BCUT2D eigenvalue weighted by Crippen LogP contribution is 2.32. The zero-order valence-corrected chi connectivity index (χ0v) is 18.2. The summed E-state index contributed by atoms with van der Waals surface area (Å²) in [6, 6.07) is 12.0. The van der Waals surface area contributed by atoms with Crippen molar-refractivity contribution >= 4 is 43.0 Å². The van der Waals surface area contributed by atoms with Crippen molar-refractivity contribution in [1.82, 2.24) is 0 Å². The topological polar surface area (TPSA) is 102 Å². The third-order valence-electron chi connectivity index (χ3n) is 4.03. The number of para-hydroxylation sites is 1. The average Bonchev–Trinajstić information content (AvgIpc) is 2.69. The minimum atomic E-state index is -4.75. The summed E-state index contributed by atoms with van der Waals surface area (Å²) in [4.78, 5) is -1.56. The molecule has 0 aromatic heterocycles. The molecule has 0 aliphatic carbocycles. The molecule has 0 atom stereocenters. The molecule has 0 radical (unpaired) electrons. The van der Waals surface area contributed by atoms with Crippen molar-refractivity contribution < 1.29 is 30.4 Å². The van der Waals surface area contributed by atoms with Gasteiger partial charge in [0.15, 0.2) is 4.90 Å². The van der Waals surface area contributed by atoms with Crippen molar-refractivity contribution in [2.75, 3.05) is 16.6 Å². The van der Waals surface area contributed by atoms with Crippen molar-refractivity contribution in [2.24, 2.45) is 0 Å². The number of anilines is 2. The third-order valence-corrected chi connectivity index (χ3v) is 7.14. The molecule has 0 aliphatic rings. The summed E-state index contributed by atoms with van der Waals surface area (Å²) in [7, 11) is -7.73. The van der Waals surface area contributed by atoms with Crippen molar-refractivity contribution in [3.05, 3.63) is 77.3 Å². The molecule has 7 nitrogen and oxygen atoms in total. The van der Waals surface area contributed by atoms with E-state index in [0.29, 0.717) is 0 Å². The van der Waals surface area contributed by atoms with Crippen LogP contribution in [0.25, 0.3) is 0 Å². The van der Waals surface area contributed by atoms with Crippen LogP contribution in [0.3, 0.4) is 0 Å². The zero-order valence-electron chi connectivity index (χ0n) is 15.8. The van der Waals surface area contributed by atoms with Crippen LogP contribution in [0.4, 0.5) is 20.2 Å². The van der Waals surface area contributed by atoms with E-state index in [9.17, 15) is 25.6 Å². The van der Waals surface area contributed by atoms with Crippen LogP contribution in [0.5, 0.6) is 5.75 Å². The van der Waals surface area contributed by atoms with E-state index >= 15 is 0 Å². The summed E-state index contributed by atoms with van der Waals surface area (Å²) in [6.45, 7) is 0. The molecule has 0 heterocycles. The lowest BCUT2D eigenvalue weighted by Crippen LogP contribution is -2.18. The summed E-state index contributed by atoms with van der Waals surface area (Å²) in [5.74, 6) is -2.69. The number of rotatable bonds is 7. The van der Waals surface area contributed by atoms with Crippen LogP contribution < -0.4 is 14.2 Å². The number of hydrogen-bond donors (Lipinski definition) is 2. The van der Waals surface area contributed by atoms with Crippen LogP contribution in [0.1, 0.15) is 0 Å². The van der Waals surface area contributed by atoms with E-state index < -0.39 is 36.6 Å². The van der Waals surface area contributed by atoms with Gasteiger partial charge in [0, 0.05) is 0 Å². The van der Waals surface area contributed by atoms with Gasteiger partial charge in [-0.05, 0) is 42.5 Å². The summed E-state index contributed by atoms with van der Waals surface area (Å²) < 4.78 is 87.9. The lowest BCUT2D eigenvalue weighted by molar-refractivity contribution is 0.416. The molecule has 3 aromatic rings. The van der Waals surface area contributed by atoms with Gasteiger partial charge >= 0.3 is 0 Å². The van der Waals surface area contributed by atoms with Crippen LogP contribution in [-0.4, -0.2) is 23.9 Å². The Hall–Kier alpha value is -2.89. The summed E-state index contributed by atoms with van der Waals surface area (Å²) >= 11 is 5.97. The fraction of sp³-hybridized carbons (Fsp3) is 0.0526. The van der Waals surface area contributed by atoms with E-state index in [1.807, 2.05) is 4.72 Å². The maximum atomic E-state index is 14.0. The van der Waals surface area contributed by atoms with Gasteiger partial charge in [-0.15, -0.1) is 0 Å². The highest BCUT2D eigenvalue weighted by molar-refractivity contribution is 7.93. The molecule has 0 unspecified atom stereocenters. The number of ether oxygens (including phenoxy) is 1. The molecular formula is C19H15ClF2N2O5S2. The normalized spacial score (nSPS) is 11.7. The van der Waals surface area contributed by atoms with E-state index in [-0.39, 0.29) is 27.0 Å². The Morgan fingerprint density at radius 2 is 1.42 bits per heavy atom. The number of sulfonamides is 2. The second-order valence-electron chi connectivity index (χ2n) is 6.10. The molecule has 0 saturated carbocycles. The van der Waals surface area contributed by atoms with E-state index in [1.165, 1.54) is 31.4 Å². The molecule has 2 N–H and O–H groups in total. The van der Waals surface area contributed by atoms with Crippen molar-refractivity contribution in [2.45, 2.75) is 9.79 Å². The Bertz CT molecular complexity index is 1330. The van der Waals surface area contributed by atoms with Gasteiger partial charge in [0.1, 0.15) is 17.4 Å². The third kappa shape index (κ3) is 4.89. The number of halogens is 3. The molecule has 0 amide bonds. The van der Waals surface area contributed by atoms with Crippen LogP contribution in [-0.2, 0) is 20.0 Å². The minimum absolute atomic E-state index is 0.0722. The molecule has 12 heteroatoms. The lowest BCUT2D eigenvalue weighted by atomic mass is 10.3. The Morgan fingerprint density at radius 1 is 0.806 bits per heavy atom. The van der Waals surface area contributed by atoms with Gasteiger partial charge in [0.2, 0.25) is 0 Å². The largest absolute Gasteiger partial charge is 0.495 e. The first-order valence-electron chi connectivity index (χ1n) is 8.47. The standard InChI is InChI=1S/C19H15ClF2N2O5S2/c1-29-18-10-9-12(30(25,26)23-16-8-3-2-5-13(16)20)11-17(18)24-31(27,28)19-14(21)6-4-7-15(19)22/h2-11,23-24H,1H3. The van der Waals surface area contributed by atoms with Gasteiger partial charge in [-0.2, -0.15) is 0 Å². The second-order valence-corrected chi connectivity index (χ2v) is 9.81. The van der Waals surface area contributed by atoms with Crippen molar-refractivity contribution in [1.29, 1.82) is 0 Å². The fourth-order valence-electron chi connectivity index (χ4n) is 2.62. The number of nitrogens with one attached hydrogen (secondary N) is 2. The Balaban J connectivity index is 2.02. The molecule has 3 rings (SSSR count). The van der Waals surface area contributed by atoms with Crippen LogP contribution in [0, 0.1) is 11.6 Å². The lowest BCUT2D eigenvalue weighted by Gasteiger charge is -2.15. The first kappa shape index (κ1) is 22.8. The predicted octanol–water partition coefficient (Wildman–Crippen LogP) is 4.23. The smallest absolute Gasteiger partial charge is 0.267 e. The molecular weight excluding hydrogens is 474 g/mol. The molecule has 31 heavy (non-hydrogen) atoms. The summed E-state index contributed by atoms with van der Waals surface area (Å²) in [5.41, 5.74) is -0.234. The molecule has 0 aliphatic heterocycles. The van der Waals surface area contributed by atoms with Gasteiger partial charge in [-0.1, -0.05) is 29.8 Å². The quantitative estimate of drug-likeness (QED) is 0.518. The molecule has 0 fully saturated rings. The van der Waals surface area contributed by atoms with Gasteiger partial charge in [0.25, 0.3) is 20.0 Å². The van der Waals surface area contributed by atoms with E-state index in [4.69, 9.17) is 16.3 Å². The van der Waals surface area contributed by atoms with Gasteiger partial charge < -0.3 is 4.74 Å². The van der Waals surface area contributed by atoms with Crippen molar-refractivity contribution in [3.8, 4) is 5.75 Å². The molecule has 0 saturated heterocycles. The molecule has 0 spiro atoms. The Morgan fingerprint density at radius 3 is 2.03 bits per heavy atom. The first-order chi connectivity index (χ1) is 14.5. The summed E-state index contributed by atoms with van der Waals surface area (Å²) in [5, 5.41) is 0.149. The van der Waals surface area contributed by atoms with Gasteiger partial charge in [0.05, 0.1) is 28.4 Å². The van der Waals surface area contributed by atoms with Crippen molar-refractivity contribution in [3.63, 3.8) is 0 Å². The van der Waals surface area contributed by atoms with E-state index in [1.54, 1.807) is 12.1 Å². The number of methoxy groups -OCH3 is 1. The maximum absolute atomic E-state index is 14.0. The average molecular weight is 489 g/mol.